The first-order valence-electron chi connectivity index (χ1n) is 6.07. The van der Waals surface area contributed by atoms with Crippen LogP contribution in [0.25, 0.3) is 0 Å². The van der Waals surface area contributed by atoms with Gasteiger partial charge in [0.05, 0.1) is 12.5 Å². The van der Waals surface area contributed by atoms with Crippen LogP contribution in [0.4, 0.5) is 5.69 Å². The van der Waals surface area contributed by atoms with Crippen LogP contribution in [0.3, 0.4) is 0 Å². The predicted octanol–water partition coefficient (Wildman–Crippen LogP) is 2.88. The van der Waals surface area contributed by atoms with E-state index in [0.29, 0.717) is 11.4 Å². The summed E-state index contributed by atoms with van der Waals surface area (Å²) in [6, 6.07) is 13.1. The Kier molecular flexibility index (Phi) is 3.01. The van der Waals surface area contributed by atoms with Gasteiger partial charge in [-0.05, 0) is 34.9 Å². The van der Waals surface area contributed by atoms with Crippen molar-refractivity contribution in [1.82, 2.24) is 0 Å². The Morgan fingerprint density at radius 1 is 1.11 bits per heavy atom. The Labute approximate surface area is 116 Å². The zero-order valence-electron chi connectivity index (χ0n) is 10.2. The smallest absolute Gasteiger partial charge is 0.228 e. The maximum atomic E-state index is 11.3. The summed E-state index contributed by atoms with van der Waals surface area (Å²) in [5, 5.41) is 3.51. The maximum absolute atomic E-state index is 11.3. The Morgan fingerprint density at radius 3 is 2.53 bits per heavy atom. The lowest BCUT2D eigenvalue weighted by Crippen LogP contribution is -2.11. The topological polar surface area (TPSA) is 55.1 Å². The van der Waals surface area contributed by atoms with Crippen LogP contribution < -0.4 is 11.1 Å². The van der Waals surface area contributed by atoms with E-state index >= 15 is 0 Å². The van der Waals surface area contributed by atoms with Gasteiger partial charge in [0, 0.05) is 10.7 Å². The molecule has 0 spiro atoms. The molecule has 1 amide bonds. The van der Waals surface area contributed by atoms with E-state index in [4.69, 9.17) is 17.3 Å². The lowest BCUT2D eigenvalue weighted by Gasteiger charge is -2.13. The van der Waals surface area contributed by atoms with E-state index in [1.807, 2.05) is 42.5 Å². The number of hydrogen-bond acceptors (Lipinski definition) is 2. The molecule has 4 heteroatoms. The molecule has 19 heavy (non-hydrogen) atoms. The number of nitrogens with one attached hydrogen (secondary N) is 1. The average Bonchev–Trinajstić information content (AvgIpc) is 2.77. The van der Waals surface area contributed by atoms with E-state index in [9.17, 15) is 4.79 Å². The van der Waals surface area contributed by atoms with Crippen molar-refractivity contribution in [2.75, 3.05) is 5.32 Å². The van der Waals surface area contributed by atoms with Gasteiger partial charge in [-0.1, -0.05) is 35.9 Å². The van der Waals surface area contributed by atoms with E-state index in [-0.39, 0.29) is 11.9 Å². The number of anilines is 1. The normalized spacial score (nSPS) is 14.9. The van der Waals surface area contributed by atoms with Crippen LogP contribution in [-0.2, 0) is 11.2 Å². The van der Waals surface area contributed by atoms with Crippen molar-refractivity contribution in [1.29, 1.82) is 0 Å². The summed E-state index contributed by atoms with van der Waals surface area (Å²) in [7, 11) is 0. The summed E-state index contributed by atoms with van der Waals surface area (Å²) in [6.07, 6.45) is 0.427. The van der Waals surface area contributed by atoms with Crippen LogP contribution in [0, 0.1) is 0 Å². The van der Waals surface area contributed by atoms with Crippen LogP contribution in [0.2, 0.25) is 5.02 Å². The van der Waals surface area contributed by atoms with Gasteiger partial charge in [0.2, 0.25) is 5.91 Å². The summed E-state index contributed by atoms with van der Waals surface area (Å²) in [6.45, 7) is 0. The van der Waals surface area contributed by atoms with Crippen molar-refractivity contribution in [3.05, 3.63) is 64.2 Å². The lowest BCUT2D eigenvalue weighted by molar-refractivity contribution is -0.115. The minimum Gasteiger partial charge on any atom is -0.326 e. The van der Waals surface area contributed by atoms with Crippen LogP contribution >= 0.6 is 11.6 Å². The fourth-order valence-electron chi connectivity index (χ4n) is 2.31. The molecule has 0 radical (unpaired) electrons. The van der Waals surface area contributed by atoms with Gasteiger partial charge in [-0.3, -0.25) is 4.79 Å². The SMILES string of the molecule is NC(c1ccc(Cl)cc1)c1ccc2c(c1)CC(=O)N2. The van der Waals surface area contributed by atoms with E-state index in [1.54, 1.807) is 0 Å². The lowest BCUT2D eigenvalue weighted by atomic mass is 9.97. The number of hydrogen-bond donors (Lipinski definition) is 2. The molecule has 2 aromatic carbocycles. The number of carbonyl (C=O) groups excluding carboxylic acids is 1. The number of nitrogens with two attached hydrogens (primary N) is 1. The van der Waals surface area contributed by atoms with Gasteiger partial charge in [-0.15, -0.1) is 0 Å². The van der Waals surface area contributed by atoms with Crippen molar-refractivity contribution < 1.29 is 4.79 Å². The second-order valence-corrected chi connectivity index (χ2v) is 5.11. The molecule has 3 rings (SSSR count). The maximum Gasteiger partial charge on any atom is 0.228 e. The highest BCUT2D eigenvalue weighted by atomic mass is 35.5. The molecule has 1 atom stereocenters. The predicted molar refractivity (Wildman–Crippen MR) is 76.3 cm³/mol. The number of carbonyl (C=O) groups is 1. The first-order chi connectivity index (χ1) is 9.13. The monoisotopic (exact) mass is 272 g/mol. The van der Waals surface area contributed by atoms with E-state index < -0.39 is 0 Å². The van der Waals surface area contributed by atoms with Crippen LogP contribution in [-0.4, -0.2) is 5.91 Å². The Hall–Kier alpha value is -1.84. The standard InChI is InChI=1S/C15H13ClN2O/c16-12-4-1-9(2-5-12)15(17)10-3-6-13-11(7-10)8-14(19)18-13/h1-7,15H,8,17H2,(H,18,19). The molecule has 1 aliphatic heterocycles. The summed E-state index contributed by atoms with van der Waals surface area (Å²) in [5.41, 5.74) is 10.1. The van der Waals surface area contributed by atoms with Crippen molar-refractivity contribution in [3.63, 3.8) is 0 Å². The second kappa shape index (κ2) is 4.68. The molecule has 0 fully saturated rings. The molecule has 1 aliphatic rings. The molecular weight excluding hydrogens is 260 g/mol. The fourth-order valence-corrected chi connectivity index (χ4v) is 2.43. The van der Waals surface area contributed by atoms with Gasteiger partial charge in [0.15, 0.2) is 0 Å². The largest absolute Gasteiger partial charge is 0.326 e. The minimum atomic E-state index is -0.210. The first-order valence-corrected chi connectivity index (χ1v) is 6.45. The van der Waals surface area contributed by atoms with Gasteiger partial charge in [0.25, 0.3) is 0 Å². The van der Waals surface area contributed by atoms with Gasteiger partial charge in [-0.2, -0.15) is 0 Å². The molecule has 0 bridgehead atoms. The Balaban J connectivity index is 1.92. The number of amides is 1. The van der Waals surface area contributed by atoms with E-state index in [1.165, 1.54) is 0 Å². The van der Waals surface area contributed by atoms with Gasteiger partial charge >= 0.3 is 0 Å². The van der Waals surface area contributed by atoms with Crippen molar-refractivity contribution in [2.45, 2.75) is 12.5 Å². The summed E-state index contributed by atoms with van der Waals surface area (Å²) < 4.78 is 0. The highest BCUT2D eigenvalue weighted by molar-refractivity contribution is 6.30. The summed E-state index contributed by atoms with van der Waals surface area (Å²) in [4.78, 5) is 11.3. The number of halogens is 1. The first kappa shape index (κ1) is 12.2. The average molecular weight is 273 g/mol. The molecule has 0 aliphatic carbocycles. The molecular formula is C15H13ClN2O. The van der Waals surface area contributed by atoms with Gasteiger partial charge < -0.3 is 11.1 Å². The second-order valence-electron chi connectivity index (χ2n) is 4.67. The van der Waals surface area contributed by atoms with Gasteiger partial charge in [0.1, 0.15) is 0 Å². The zero-order valence-corrected chi connectivity index (χ0v) is 10.9. The van der Waals surface area contributed by atoms with Crippen LogP contribution in [0.5, 0.6) is 0 Å². The van der Waals surface area contributed by atoms with E-state index in [0.717, 1.165) is 22.4 Å². The van der Waals surface area contributed by atoms with Crippen molar-refractivity contribution in [2.24, 2.45) is 5.73 Å². The molecule has 3 nitrogen and oxygen atoms in total. The molecule has 0 saturated heterocycles. The third-order valence-electron chi connectivity index (χ3n) is 3.34. The number of benzene rings is 2. The molecule has 1 unspecified atom stereocenters. The summed E-state index contributed by atoms with van der Waals surface area (Å²) >= 11 is 5.87. The highest BCUT2D eigenvalue weighted by Crippen LogP contribution is 2.28. The third kappa shape index (κ3) is 2.35. The molecule has 2 aromatic rings. The molecule has 0 saturated carbocycles. The molecule has 96 valence electrons. The Morgan fingerprint density at radius 2 is 1.79 bits per heavy atom. The third-order valence-corrected chi connectivity index (χ3v) is 3.59. The quantitative estimate of drug-likeness (QED) is 0.883. The number of rotatable bonds is 2. The molecule has 3 N–H and O–H groups in total. The minimum absolute atomic E-state index is 0.0345. The molecule has 0 aromatic heterocycles. The van der Waals surface area contributed by atoms with Crippen LogP contribution in [0.1, 0.15) is 22.7 Å². The Bertz CT molecular complexity index is 637. The van der Waals surface area contributed by atoms with Crippen molar-refractivity contribution in [3.8, 4) is 0 Å². The molecule has 1 heterocycles. The highest BCUT2D eigenvalue weighted by Gasteiger charge is 2.19. The van der Waals surface area contributed by atoms with E-state index in [2.05, 4.69) is 5.32 Å². The van der Waals surface area contributed by atoms with Crippen LogP contribution in [0.15, 0.2) is 42.5 Å². The summed E-state index contributed by atoms with van der Waals surface area (Å²) in [5.74, 6) is 0.0345. The van der Waals surface area contributed by atoms with Crippen molar-refractivity contribution >= 4 is 23.2 Å². The zero-order chi connectivity index (χ0) is 13.4. The number of fused-ring (bicyclic) bond motifs is 1. The van der Waals surface area contributed by atoms with Gasteiger partial charge in [-0.25, -0.2) is 0 Å². The fraction of sp³-hybridized carbons (Fsp3) is 0.133.